The Morgan fingerprint density at radius 1 is 1.25 bits per heavy atom. The number of anilines is 1. The van der Waals surface area contributed by atoms with Gasteiger partial charge in [0.15, 0.2) is 5.82 Å². The summed E-state index contributed by atoms with van der Waals surface area (Å²) in [5.41, 5.74) is 0.132. The van der Waals surface area contributed by atoms with Gasteiger partial charge in [-0.15, -0.1) is 5.10 Å². The summed E-state index contributed by atoms with van der Waals surface area (Å²) in [6.45, 7) is 8.00. The first-order valence-electron chi connectivity index (χ1n) is 7.37. The minimum atomic E-state index is 0.132. The highest BCUT2D eigenvalue weighted by Gasteiger charge is 2.50. The summed E-state index contributed by atoms with van der Waals surface area (Å²) in [7, 11) is 0. The quantitative estimate of drug-likeness (QED) is 0.859. The molecule has 20 heavy (non-hydrogen) atoms. The van der Waals surface area contributed by atoms with Crippen molar-refractivity contribution >= 4 is 16.6 Å². The number of hydrogen-bond acceptors (Lipinski definition) is 4. The molecule has 0 spiro atoms. The van der Waals surface area contributed by atoms with Gasteiger partial charge >= 0.3 is 0 Å². The van der Waals surface area contributed by atoms with E-state index in [4.69, 9.17) is 0 Å². The highest BCUT2D eigenvalue weighted by Crippen LogP contribution is 2.43. The number of nitrogens with one attached hydrogen (secondary N) is 1. The van der Waals surface area contributed by atoms with Crippen LogP contribution in [0.25, 0.3) is 10.8 Å². The smallest absolute Gasteiger partial charge is 0.159 e. The Morgan fingerprint density at radius 3 is 2.95 bits per heavy atom. The maximum atomic E-state index is 4.47. The lowest BCUT2D eigenvalue weighted by atomic mass is 9.85. The molecule has 2 fully saturated rings. The fraction of sp³-hybridized carbons (Fsp3) is 0.500. The predicted molar refractivity (Wildman–Crippen MR) is 80.8 cm³/mol. The molecular weight excluding hydrogens is 248 g/mol. The average Bonchev–Trinajstić information content (AvgIpc) is 3.01. The van der Waals surface area contributed by atoms with E-state index in [1.165, 1.54) is 10.8 Å². The van der Waals surface area contributed by atoms with Gasteiger partial charge < -0.3 is 10.2 Å². The average molecular weight is 268 g/mol. The van der Waals surface area contributed by atoms with Gasteiger partial charge in [0.25, 0.3) is 0 Å². The number of nitrogens with zero attached hydrogens (tertiary/aromatic N) is 3. The summed E-state index contributed by atoms with van der Waals surface area (Å²) in [5, 5.41) is 14.6. The van der Waals surface area contributed by atoms with Crippen molar-refractivity contribution in [3.05, 3.63) is 30.5 Å². The van der Waals surface area contributed by atoms with Gasteiger partial charge in [-0.2, -0.15) is 5.10 Å². The molecule has 0 amide bonds. The van der Waals surface area contributed by atoms with Crippen LogP contribution in [0.3, 0.4) is 0 Å². The molecule has 0 aliphatic carbocycles. The molecule has 2 unspecified atom stereocenters. The van der Waals surface area contributed by atoms with Crippen LogP contribution in [0.2, 0.25) is 0 Å². The number of fused-ring (bicyclic) bond motifs is 2. The van der Waals surface area contributed by atoms with Crippen molar-refractivity contribution in [1.82, 2.24) is 15.5 Å². The number of rotatable bonds is 1. The molecule has 1 aromatic carbocycles. The second-order valence-electron chi connectivity index (χ2n) is 6.54. The summed E-state index contributed by atoms with van der Waals surface area (Å²) < 4.78 is 0. The first-order chi connectivity index (χ1) is 9.68. The Morgan fingerprint density at radius 2 is 2.10 bits per heavy atom. The number of aromatic nitrogens is 2. The monoisotopic (exact) mass is 268 g/mol. The van der Waals surface area contributed by atoms with Crippen molar-refractivity contribution in [2.45, 2.75) is 19.4 Å². The van der Waals surface area contributed by atoms with Gasteiger partial charge in [0.2, 0.25) is 0 Å². The van der Waals surface area contributed by atoms with Gasteiger partial charge in [0.1, 0.15) is 0 Å². The van der Waals surface area contributed by atoms with Crippen molar-refractivity contribution in [2.75, 3.05) is 24.5 Å². The lowest BCUT2D eigenvalue weighted by Gasteiger charge is -2.36. The highest BCUT2D eigenvalue weighted by atomic mass is 15.3. The second-order valence-corrected chi connectivity index (χ2v) is 6.54. The van der Waals surface area contributed by atoms with Crippen LogP contribution >= 0.6 is 0 Å². The van der Waals surface area contributed by atoms with Crippen LogP contribution < -0.4 is 10.2 Å². The van der Waals surface area contributed by atoms with Crippen LogP contribution in [0.4, 0.5) is 5.82 Å². The molecule has 0 bridgehead atoms. The Hall–Kier alpha value is -1.68. The molecule has 2 aliphatic heterocycles. The van der Waals surface area contributed by atoms with E-state index < -0.39 is 0 Å². The largest absolute Gasteiger partial charge is 0.349 e. The van der Waals surface area contributed by atoms with Crippen LogP contribution in [0.15, 0.2) is 30.5 Å². The molecule has 4 heteroatoms. The van der Waals surface area contributed by atoms with Crippen LogP contribution in [0.1, 0.15) is 13.8 Å². The maximum absolute atomic E-state index is 4.47. The first-order valence-corrected chi connectivity index (χ1v) is 7.37. The van der Waals surface area contributed by atoms with Crippen LogP contribution in [0.5, 0.6) is 0 Å². The molecule has 4 rings (SSSR count). The van der Waals surface area contributed by atoms with E-state index in [0.29, 0.717) is 5.92 Å². The molecule has 2 saturated heterocycles. The maximum Gasteiger partial charge on any atom is 0.159 e. The third-order valence-corrected chi connectivity index (χ3v) is 5.17. The van der Waals surface area contributed by atoms with E-state index in [2.05, 4.69) is 58.5 Å². The zero-order valence-electron chi connectivity index (χ0n) is 12.0. The number of hydrogen-bond donors (Lipinski definition) is 1. The summed E-state index contributed by atoms with van der Waals surface area (Å²) in [6, 6.07) is 8.40. The summed E-state index contributed by atoms with van der Waals surface area (Å²) >= 11 is 0. The first kappa shape index (κ1) is 12.1. The Bertz CT molecular complexity index is 646. The van der Waals surface area contributed by atoms with E-state index in [9.17, 15) is 0 Å². The van der Waals surface area contributed by atoms with Gasteiger partial charge in [-0.1, -0.05) is 24.3 Å². The van der Waals surface area contributed by atoms with Crippen molar-refractivity contribution in [3.8, 4) is 0 Å². The van der Waals surface area contributed by atoms with Gasteiger partial charge in [0, 0.05) is 35.9 Å². The lowest BCUT2D eigenvalue weighted by molar-refractivity contribution is 0.356. The summed E-state index contributed by atoms with van der Waals surface area (Å²) in [5.74, 6) is 2.47. The molecule has 0 saturated carbocycles. The zero-order valence-corrected chi connectivity index (χ0v) is 12.0. The molecule has 2 aromatic rings. The number of benzene rings is 1. The fourth-order valence-corrected chi connectivity index (χ4v) is 3.99. The molecular formula is C16H20N4. The van der Waals surface area contributed by atoms with E-state index >= 15 is 0 Å². The topological polar surface area (TPSA) is 41.0 Å². The summed E-state index contributed by atoms with van der Waals surface area (Å²) in [4.78, 5) is 2.47. The lowest BCUT2D eigenvalue weighted by Crippen LogP contribution is -2.45. The van der Waals surface area contributed by atoms with Crippen LogP contribution in [-0.4, -0.2) is 35.4 Å². The molecule has 2 aliphatic rings. The Balaban J connectivity index is 1.84. The minimum absolute atomic E-state index is 0.132. The van der Waals surface area contributed by atoms with Crippen LogP contribution in [0, 0.1) is 11.8 Å². The summed E-state index contributed by atoms with van der Waals surface area (Å²) in [6.07, 6.45) is 1.85. The highest BCUT2D eigenvalue weighted by molar-refractivity contribution is 5.91. The van der Waals surface area contributed by atoms with Gasteiger partial charge in [-0.3, -0.25) is 0 Å². The minimum Gasteiger partial charge on any atom is -0.349 e. The fourth-order valence-electron chi connectivity index (χ4n) is 3.99. The van der Waals surface area contributed by atoms with E-state index in [1.54, 1.807) is 0 Å². The molecule has 4 nitrogen and oxygen atoms in total. The predicted octanol–water partition coefficient (Wildman–Crippen LogP) is 2.06. The molecule has 0 radical (unpaired) electrons. The van der Waals surface area contributed by atoms with Crippen LogP contribution in [-0.2, 0) is 0 Å². The molecule has 3 heterocycles. The third-order valence-electron chi connectivity index (χ3n) is 5.17. The van der Waals surface area contributed by atoms with Gasteiger partial charge in [-0.25, -0.2) is 0 Å². The normalized spacial score (nSPS) is 28.0. The van der Waals surface area contributed by atoms with Gasteiger partial charge in [0.05, 0.1) is 6.20 Å². The van der Waals surface area contributed by atoms with E-state index in [0.717, 1.165) is 31.4 Å². The molecule has 1 aromatic heterocycles. The van der Waals surface area contributed by atoms with Crippen molar-refractivity contribution in [2.24, 2.45) is 11.8 Å². The molecule has 2 atom stereocenters. The van der Waals surface area contributed by atoms with Gasteiger partial charge in [-0.05, 0) is 25.7 Å². The SMILES string of the molecule is CC1(C)C2CNCC2CN1c1nncc2ccccc12. The molecule has 1 N–H and O–H groups in total. The molecule has 104 valence electrons. The second kappa shape index (κ2) is 4.16. The van der Waals surface area contributed by atoms with Crippen molar-refractivity contribution in [1.29, 1.82) is 0 Å². The van der Waals surface area contributed by atoms with E-state index in [1.807, 2.05) is 6.20 Å². The van der Waals surface area contributed by atoms with Crippen molar-refractivity contribution < 1.29 is 0 Å². The Labute approximate surface area is 119 Å². The zero-order chi connectivity index (χ0) is 13.7. The Kier molecular flexibility index (Phi) is 2.51. The van der Waals surface area contributed by atoms with E-state index in [-0.39, 0.29) is 5.54 Å². The van der Waals surface area contributed by atoms with Crippen molar-refractivity contribution in [3.63, 3.8) is 0 Å². The standard InChI is InChI=1S/C16H20N4/c1-16(2)14-9-17-7-12(14)10-20(16)15-13-6-4-3-5-11(13)8-18-19-15/h3-6,8,12,14,17H,7,9-10H2,1-2H3. The third kappa shape index (κ3) is 1.57.